The number of aromatic nitrogens is 1. The van der Waals surface area contributed by atoms with E-state index < -0.39 is 0 Å². The van der Waals surface area contributed by atoms with E-state index >= 15 is 0 Å². The zero-order valence-electron chi connectivity index (χ0n) is 17.3. The van der Waals surface area contributed by atoms with E-state index in [0.717, 1.165) is 56.5 Å². The highest BCUT2D eigenvalue weighted by Gasteiger charge is 2.25. The van der Waals surface area contributed by atoms with Crippen LogP contribution in [-0.4, -0.2) is 34.8 Å². The van der Waals surface area contributed by atoms with Crippen LogP contribution < -0.4 is 5.73 Å². The van der Waals surface area contributed by atoms with Crippen LogP contribution in [0.15, 0.2) is 48.7 Å². The fourth-order valence-electron chi connectivity index (χ4n) is 4.61. The van der Waals surface area contributed by atoms with Gasteiger partial charge >= 0.3 is 0 Å². The van der Waals surface area contributed by atoms with Crippen molar-refractivity contribution < 1.29 is 9.59 Å². The van der Waals surface area contributed by atoms with Crippen LogP contribution in [0.25, 0.3) is 5.57 Å². The second-order valence-electron chi connectivity index (χ2n) is 8.30. The number of pyridine rings is 1. The summed E-state index contributed by atoms with van der Waals surface area (Å²) in [5.74, 6) is 0.177. The third-order valence-corrected chi connectivity index (χ3v) is 6.32. The van der Waals surface area contributed by atoms with Crippen molar-refractivity contribution in [1.29, 1.82) is 0 Å². The minimum Gasteiger partial charge on any atom is -0.366 e. The van der Waals surface area contributed by atoms with E-state index in [1.54, 1.807) is 6.20 Å². The molecular formula is C25H29N3O2. The Balaban J connectivity index is 1.45. The Morgan fingerprint density at radius 3 is 2.60 bits per heavy atom. The molecule has 2 heterocycles. The summed E-state index contributed by atoms with van der Waals surface area (Å²) in [5, 5.41) is 0. The summed E-state index contributed by atoms with van der Waals surface area (Å²) < 4.78 is 0. The van der Waals surface area contributed by atoms with Crippen LogP contribution >= 0.6 is 0 Å². The van der Waals surface area contributed by atoms with Crippen LogP contribution in [-0.2, 0) is 11.2 Å². The molecule has 0 radical (unpaired) electrons. The highest BCUT2D eigenvalue weighted by molar-refractivity contribution is 5.98. The van der Waals surface area contributed by atoms with Crippen LogP contribution in [0.2, 0.25) is 0 Å². The second kappa shape index (κ2) is 9.24. The number of nitrogens with two attached hydrogens (primary N) is 1. The summed E-state index contributed by atoms with van der Waals surface area (Å²) in [6.45, 7) is 1.51. The molecule has 1 aliphatic carbocycles. The molecule has 1 fully saturated rings. The molecule has 5 nitrogen and oxygen atoms in total. The lowest BCUT2D eigenvalue weighted by Crippen LogP contribution is -2.38. The van der Waals surface area contributed by atoms with Gasteiger partial charge in [0.2, 0.25) is 11.8 Å². The predicted octanol–water partition coefficient (Wildman–Crippen LogP) is 4.09. The first-order valence-corrected chi connectivity index (χ1v) is 10.9. The summed E-state index contributed by atoms with van der Waals surface area (Å²) >= 11 is 0. The Labute approximate surface area is 178 Å². The van der Waals surface area contributed by atoms with Crippen molar-refractivity contribution in [3.8, 4) is 0 Å². The number of amides is 2. The molecule has 5 heteroatoms. The van der Waals surface area contributed by atoms with E-state index in [4.69, 9.17) is 5.73 Å². The van der Waals surface area contributed by atoms with Crippen LogP contribution in [0.4, 0.5) is 0 Å². The molecule has 30 heavy (non-hydrogen) atoms. The molecule has 0 spiro atoms. The summed E-state index contributed by atoms with van der Waals surface area (Å²) in [7, 11) is 0. The van der Waals surface area contributed by atoms with Gasteiger partial charge in [-0.3, -0.25) is 14.6 Å². The molecular weight excluding hydrogens is 374 g/mol. The van der Waals surface area contributed by atoms with E-state index in [1.807, 2.05) is 35.2 Å². The lowest BCUT2D eigenvalue weighted by Gasteiger charge is -2.32. The maximum atomic E-state index is 12.6. The molecule has 2 aliphatic rings. The third-order valence-electron chi connectivity index (χ3n) is 6.32. The minimum absolute atomic E-state index is 0.143. The molecule has 4 rings (SSSR count). The van der Waals surface area contributed by atoms with Gasteiger partial charge in [-0.05, 0) is 79.3 Å². The summed E-state index contributed by atoms with van der Waals surface area (Å²) in [6.07, 6.45) is 10.6. The van der Waals surface area contributed by atoms with Crippen molar-refractivity contribution in [2.75, 3.05) is 13.1 Å². The average molecular weight is 404 g/mol. The van der Waals surface area contributed by atoms with Gasteiger partial charge in [-0.2, -0.15) is 0 Å². The summed E-state index contributed by atoms with van der Waals surface area (Å²) in [6, 6.07) is 11.8. The predicted molar refractivity (Wildman–Crippen MR) is 118 cm³/mol. The molecule has 1 aromatic carbocycles. The van der Waals surface area contributed by atoms with Crippen molar-refractivity contribution in [2.45, 2.75) is 50.9 Å². The Kier molecular flexibility index (Phi) is 6.26. The number of nitrogens with zero attached hydrogens (tertiary/aromatic N) is 2. The standard InChI is InChI=1S/C25H29N3O2/c26-25(30)22-10-9-20(16-23(22)19-6-2-1-3-7-19)18-11-14-28(15-12-18)24(29)17-21-8-4-5-13-27-21/h4-6,8-10,13,16,18H,1-3,7,11-12,14-15,17H2,(H2,26,30). The van der Waals surface area contributed by atoms with Gasteiger partial charge in [0.05, 0.1) is 6.42 Å². The number of hydrogen-bond donors (Lipinski definition) is 1. The topological polar surface area (TPSA) is 76.3 Å². The second-order valence-corrected chi connectivity index (χ2v) is 8.30. The number of hydrogen-bond acceptors (Lipinski definition) is 3. The van der Waals surface area contributed by atoms with Gasteiger partial charge < -0.3 is 10.6 Å². The monoisotopic (exact) mass is 403 g/mol. The molecule has 1 aliphatic heterocycles. The molecule has 0 atom stereocenters. The number of likely N-dealkylation sites (tertiary alicyclic amines) is 1. The maximum Gasteiger partial charge on any atom is 0.249 e. The summed E-state index contributed by atoms with van der Waals surface area (Å²) in [4.78, 5) is 30.8. The van der Waals surface area contributed by atoms with E-state index in [1.165, 1.54) is 17.6 Å². The van der Waals surface area contributed by atoms with Crippen LogP contribution in [0.5, 0.6) is 0 Å². The van der Waals surface area contributed by atoms with Gasteiger partial charge in [0.25, 0.3) is 0 Å². The van der Waals surface area contributed by atoms with Gasteiger partial charge in [0.15, 0.2) is 0 Å². The summed E-state index contributed by atoms with van der Waals surface area (Å²) in [5.41, 5.74) is 10.6. The van der Waals surface area contributed by atoms with E-state index in [0.29, 0.717) is 17.9 Å². The fraction of sp³-hybridized carbons (Fsp3) is 0.400. The van der Waals surface area contributed by atoms with Crippen LogP contribution in [0.3, 0.4) is 0 Å². The van der Waals surface area contributed by atoms with Gasteiger partial charge in [-0.25, -0.2) is 0 Å². The number of allylic oxidation sites excluding steroid dienone is 2. The number of carbonyl (C=O) groups excluding carboxylic acids is 2. The Morgan fingerprint density at radius 2 is 1.93 bits per heavy atom. The van der Waals surface area contributed by atoms with E-state index in [-0.39, 0.29) is 11.8 Å². The van der Waals surface area contributed by atoms with Crippen molar-refractivity contribution in [1.82, 2.24) is 9.88 Å². The molecule has 0 saturated carbocycles. The molecule has 0 bridgehead atoms. The quantitative estimate of drug-likeness (QED) is 0.817. The highest BCUT2D eigenvalue weighted by atomic mass is 16.2. The van der Waals surface area contributed by atoms with Crippen molar-refractivity contribution in [3.63, 3.8) is 0 Å². The molecule has 2 N–H and O–H groups in total. The first-order chi connectivity index (χ1) is 14.6. The average Bonchev–Trinajstić information content (AvgIpc) is 2.80. The van der Waals surface area contributed by atoms with Gasteiger partial charge in [0.1, 0.15) is 0 Å². The zero-order chi connectivity index (χ0) is 20.9. The van der Waals surface area contributed by atoms with Crippen LogP contribution in [0.1, 0.15) is 71.6 Å². The lowest BCUT2D eigenvalue weighted by molar-refractivity contribution is -0.131. The maximum absolute atomic E-state index is 12.6. The van der Waals surface area contributed by atoms with Crippen molar-refractivity contribution >= 4 is 17.4 Å². The van der Waals surface area contributed by atoms with Crippen molar-refractivity contribution in [2.24, 2.45) is 5.73 Å². The smallest absolute Gasteiger partial charge is 0.249 e. The molecule has 2 amide bonds. The van der Waals surface area contributed by atoms with Gasteiger partial charge in [0, 0.05) is 30.5 Å². The minimum atomic E-state index is -0.363. The number of benzene rings is 1. The first kappa shape index (κ1) is 20.3. The number of carbonyl (C=O) groups is 2. The molecule has 1 saturated heterocycles. The van der Waals surface area contributed by atoms with Crippen molar-refractivity contribution in [3.05, 3.63) is 71.1 Å². The van der Waals surface area contributed by atoms with Crippen LogP contribution in [0, 0.1) is 0 Å². The number of rotatable bonds is 5. The Hall–Kier alpha value is -2.95. The largest absolute Gasteiger partial charge is 0.366 e. The highest BCUT2D eigenvalue weighted by Crippen LogP contribution is 2.34. The van der Waals surface area contributed by atoms with E-state index in [9.17, 15) is 9.59 Å². The lowest BCUT2D eigenvalue weighted by atomic mass is 9.84. The molecule has 1 aromatic heterocycles. The van der Waals surface area contributed by atoms with E-state index in [2.05, 4.69) is 17.1 Å². The third kappa shape index (κ3) is 4.61. The number of piperidine rings is 1. The SMILES string of the molecule is NC(=O)c1ccc(C2CCN(C(=O)Cc3ccccn3)CC2)cc1C1=CCCCC1. The normalized spacial score (nSPS) is 17.5. The molecule has 0 unspecified atom stereocenters. The Bertz CT molecular complexity index is 944. The fourth-order valence-corrected chi connectivity index (χ4v) is 4.61. The number of primary amides is 1. The first-order valence-electron chi connectivity index (χ1n) is 10.9. The zero-order valence-corrected chi connectivity index (χ0v) is 17.3. The molecule has 156 valence electrons. The van der Waals surface area contributed by atoms with Gasteiger partial charge in [-0.1, -0.05) is 24.3 Å². The Morgan fingerprint density at radius 1 is 1.10 bits per heavy atom. The molecule has 2 aromatic rings. The van der Waals surface area contributed by atoms with Gasteiger partial charge in [-0.15, -0.1) is 0 Å².